The topological polar surface area (TPSA) is 42.0 Å². The average Bonchev–Trinajstić information content (AvgIpc) is 2.25. The number of nitrogens with one attached hydrogen (secondary N) is 1. The molecule has 0 unspecified atom stereocenters. The van der Waals surface area contributed by atoms with Crippen LogP contribution in [0.25, 0.3) is 0 Å². The van der Waals surface area contributed by atoms with Crippen molar-refractivity contribution in [1.29, 1.82) is 0 Å². The highest BCUT2D eigenvalue weighted by atomic mass is 16.1. The molecule has 0 aliphatic heterocycles. The first-order valence-electron chi connectivity index (χ1n) is 6.11. The normalized spacial score (nSPS) is 13.2. The molecule has 0 bridgehead atoms. The summed E-state index contributed by atoms with van der Waals surface area (Å²) in [6.07, 6.45) is 4.80. The SMILES string of the molecule is CC[C@@H](NC(=O)Cc1cccnc1)C(C)(C)C. The molecule has 0 aliphatic rings. The number of carbonyl (C=O) groups is 1. The van der Waals surface area contributed by atoms with Gasteiger partial charge in [0.15, 0.2) is 0 Å². The van der Waals surface area contributed by atoms with E-state index in [1.165, 1.54) is 0 Å². The number of hydrogen-bond donors (Lipinski definition) is 1. The van der Waals surface area contributed by atoms with Crippen molar-refractivity contribution in [2.24, 2.45) is 5.41 Å². The van der Waals surface area contributed by atoms with E-state index in [1.54, 1.807) is 12.4 Å². The zero-order valence-electron chi connectivity index (χ0n) is 11.2. The van der Waals surface area contributed by atoms with E-state index in [2.05, 4.69) is 38.0 Å². The molecule has 1 aromatic rings. The fourth-order valence-corrected chi connectivity index (χ4v) is 1.86. The van der Waals surface area contributed by atoms with Crippen molar-refractivity contribution in [2.45, 2.75) is 46.6 Å². The lowest BCUT2D eigenvalue weighted by Crippen LogP contribution is -2.43. The molecule has 0 fully saturated rings. The fraction of sp³-hybridized carbons (Fsp3) is 0.571. The minimum atomic E-state index is 0.0692. The van der Waals surface area contributed by atoms with E-state index in [0.717, 1.165) is 12.0 Å². The molecule has 1 N–H and O–H groups in total. The molecule has 0 saturated heterocycles. The Morgan fingerprint density at radius 2 is 2.18 bits per heavy atom. The number of rotatable bonds is 4. The van der Waals surface area contributed by atoms with Gasteiger partial charge in [0.2, 0.25) is 5.91 Å². The van der Waals surface area contributed by atoms with Crippen molar-refractivity contribution in [3.8, 4) is 0 Å². The van der Waals surface area contributed by atoms with Gasteiger partial charge < -0.3 is 5.32 Å². The number of amides is 1. The van der Waals surface area contributed by atoms with Crippen LogP contribution in [0.4, 0.5) is 0 Å². The second-order valence-electron chi connectivity index (χ2n) is 5.43. The molecule has 1 rings (SSSR count). The third-order valence-electron chi connectivity index (χ3n) is 2.88. The number of carbonyl (C=O) groups excluding carboxylic acids is 1. The van der Waals surface area contributed by atoms with Crippen LogP contribution in [-0.2, 0) is 11.2 Å². The Hall–Kier alpha value is -1.38. The van der Waals surface area contributed by atoms with Crippen LogP contribution in [0.3, 0.4) is 0 Å². The lowest BCUT2D eigenvalue weighted by Gasteiger charge is -2.30. The molecule has 0 spiro atoms. The Morgan fingerprint density at radius 3 is 2.65 bits per heavy atom. The third-order valence-corrected chi connectivity index (χ3v) is 2.88. The Labute approximate surface area is 104 Å². The van der Waals surface area contributed by atoms with Gasteiger partial charge in [-0.1, -0.05) is 33.8 Å². The van der Waals surface area contributed by atoms with E-state index in [-0.39, 0.29) is 17.4 Å². The van der Waals surface area contributed by atoms with Crippen LogP contribution in [0.5, 0.6) is 0 Å². The highest BCUT2D eigenvalue weighted by Crippen LogP contribution is 2.21. The number of aromatic nitrogens is 1. The Bertz CT molecular complexity index is 354. The molecule has 0 radical (unpaired) electrons. The standard InChI is InChI=1S/C14H22N2O/c1-5-12(14(2,3)4)16-13(17)9-11-7-6-8-15-10-11/h6-8,10,12H,5,9H2,1-4H3,(H,16,17)/t12-/m1/s1. The zero-order chi connectivity index (χ0) is 12.9. The van der Waals surface area contributed by atoms with Gasteiger partial charge in [0.05, 0.1) is 6.42 Å². The lowest BCUT2D eigenvalue weighted by atomic mass is 9.85. The van der Waals surface area contributed by atoms with E-state index in [9.17, 15) is 4.79 Å². The van der Waals surface area contributed by atoms with Crippen LogP contribution in [0.2, 0.25) is 0 Å². The number of nitrogens with zero attached hydrogens (tertiary/aromatic N) is 1. The van der Waals surface area contributed by atoms with Gasteiger partial charge in [-0.25, -0.2) is 0 Å². The summed E-state index contributed by atoms with van der Waals surface area (Å²) in [5, 5.41) is 3.09. The van der Waals surface area contributed by atoms with Gasteiger partial charge in [-0.05, 0) is 23.5 Å². The largest absolute Gasteiger partial charge is 0.353 e. The third kappa shape index (κ3) is 4.55. The molecule has 3 heteroatoms. The van der Waals surface area contributed by atoms with Gasteiger partial charge in [-0.2, -0.15) is 0 Å². The first-order chi connectivity index (χ1) is 7.93. The van der Waals surface area contributed by atoms with Crippen LogP contribution in [0.1, 0.15) is 39.7 Å². The summed E-state index contributed by atoms with van der Waals surface area (Å²) in [7, 11) is 0. The molecule has 1 aromatic heterocycles. The molecular formula is C14H22N2O. The number of hydrogen-bond acceptors (Lipinski definition) is 2. The van der Waals surface area contributed by atoms with Crippen LogP contribution < -0.4 is 5.32 Å². The van der Waals surface area contributed by atoms with E-state index >= 15 is 0 Å². The maximum atomic E-state index is 11.9. The number of pyridine rings is 1. The molecule has 0 saturated carbocycles. The average molecular weight is 234 g/mol. The van der Waals surface area contributed by atoms with Gasteiger partial charge in [-0.3, -0.25) is 9.78 Å². The van der Waals surface area contributed by atoms with Crippen molar-refractivity contribution in [2.75, 3.05) is 0 Å². The fourth-order valence-electron chi connectivity index (χ4n) is 1.86. The van der Waals surface area contributed by atoms with Crippen LogP contribution in [0.15, 0.2) is 24.5 Å². The summed E-state index contributed by atoms with van der Waals surface area (Å²) in [6.45, 7) is 8.53. The highest BCUT2D eigenvalue weighted by Gasteiger charge is 2.24. The van der Waals surface area contributed by atoms with Crippen molar-refractivity contribution >= 4 is 5.91 Å². The first-order valence-corrected chi connectivity index (χ1v) is 6.11. The highest BCUT2D eigenvalue weighted by molar-refractivity contribution is 5.78. The lowest BCUT2D eigenvalue weighted by molar-refractivity contribution is -0.121. The Balaban J connectivity index is 2.55. The summed E-state index contributed by atoms with van der Waals surface area (Å²) >= 11 is 0. The molecule has 1 heterocycles. The quantitative estimate of drug-likeness (QED) is 0.870. The van der Waals surface area contributed by atoms with E-state index in [0.29, 0.717) is 6.42 Å². The maximum Gasteiger partial charge on any atom is 0.224 e. The summed E-state index contributed by atoms with van der Waals surface area (Å²) in [6, 6.07) is 3.99. The van der Waals surface area contributed by atoms with Crippen molar-refractivity contribution in [3.63, 3.8) is 0 Å². The van der Waals surface area contributed by atoms with Crippen LogP contribution >= 0.6 is 0 Å². The van der Waals surface area contributed by atoms with Crippen molar-refractivity contribution in [3.05, 3.63) is 30.1 Å². The van der Waals surface area contributed by atoms with Gasteiger partial charge >= 0.3 is 0 Å². The zero-order valence-corrected chi connectivity index (χ0v) is 11.2. The predicted octanol–water partition coefficient (Wildman–Crippen LogP) is 2.57. The monoisotopic (exact) mass is 234 g/mol. The van der Waals surface area contributed by atoms with Gasteiger partial charge in [0, 0.05) is 18.4 Å². The summed E-state index contributed by atoms with van der Waals surface area (Å²) in [4.78, 5) is 15.9. The maximum absolute atomic E-state index is 11.9. The van der Waals surface area contributed by atoms with Crippen molar-refractivity contribution in [1.82, 2.24) is 10.3 Å². The predicted molar refractivity (Wildman–Crippen MR) is 69.6 cm³/mol. The molecule has 1 amide bonds. The van der Waals surface area contributed by atoms with E-state index < -0.39 is 0 Å². The first kappa shape index (κ1) is 13.7. The van der Waals surface area contributed by atoms with E-state index in [1.807, 2.05) is 12.1 Å². The summed E-state index contributed by atoms with van der Waals surface area (Å²) < 4.78 is 0. The van der Waals surface area contributed by atoms with Gasteiger partial charge in [-0.15, -0.1) is 0 Å². The molecule has 1 atom stereocenters. The summed E-state index contributed by atoms with van der Waals surface area (Å²) in [5.41, 5.74) is 1.05. The second kappa shape index (κ2) is 5.80. The van der Waals surface area contributed by atoms with Crippen LogP contribution in [-0.4, -0.2) is 16.9 Å². The molecular weight excluding hydrogens is 212 g/mol. The second-order valence-corrected chi connectivity index (χ2v) is 5.43. The minimum Gasteiger partial charge on any atom is -0.353 e. The van der Waals surface area contributed by atoms with E-state index in [4.69, 9.17) is 0 Å². The van der Waals surface area contributed by atoms with Crippen molar-refractivity contribution < 1.29 is 4.79 Å². The molecule has 0 aromatic carbocycles. The molecule has 3 nitrogen and oxygen atoms in total. The van der Waals surface area contributed by atoms with Gasteiger partial charge in [0.1, 0.15) is 0 Å². The smallest absolute Gasteiger partial charge is 0.224 e. The molecule has 0 aliphatic carbocycles. The molecule has 94 valence electrons. The Kier molecular flexibility index (Phi) is 4.67. The Morgan fingerprint density at radius 1 is 1.47 bits per heavy atom. The van der Waals surface area contributed by atoms with Gasteiger partial charge in [0.25, 0.3) is 0 Å². The molecule has 17 heavy (non-hydrogen) atoms. The summed E-state index contributed by atoms with van der Waals surface area (Å²) in [5.74, 6) is 0.0692. The van der Waals surface area contributed by atoms with Crippen LogP contribution in [0, 0.1) is 5.41 Å². The minimum absolute atomic E-state index is 0.0692.